The fourth-order valence-corrected chi connectivity index (χ4v) is 4.01. The summed E-state index contributed by atoms with van der Waals surface area (Å²) in [7, 11) is 1.95. The number of para-hydroxylation sites is 2. The van der Waals surface area contributed by atoms with E-state index in [9.17, 15) is 4.79 Å². The first-order valence-corrected chi connectivity index (χ1v) is 10.6. The van der Waals surface area contributed by atoms with Gasteiger partial charge >= 0.3 is 0 Å². The number of nitrogens with zero attached hydrogens (tertiary/aromatic N) is 3. The van der Waals surface area contributed by atoms with E-state index >= 15 is 0 Å². The van der Waals surface area contributed by atoms with Crippen LogP contribution in [0, 0.1) is 11.3 Å². The highest BCUT2D eigenvalue weighted by atomic mass is 32.2. The molecule has 0 radical (unpaired) electrons. The Morgan fingerprint density at radius 2 is 1.93 bits per heavy atom. The summed E-state index contributed by atoms with van der Waals surface area (Å²) in [4.78, 5) is 17.8. The predicted octanol–water partition coefficient (Wildman–Crippen LogP) is 3.21. The third kappa shape index (κ3) is 6.23. The number of carbonyl (C=O) groups is 1. The smallest absolute Gasteiger partial charge is 0.238 e. The number of morpholine rings is 1. The Balaban J connectivity index is 1.60. The molecule has 1 saturated heterocycles. The first kappa shape index (κ1) is 21.2. The number of likely N-dealkylation sites (N-methyl/N-ethyl adjacent to an activating group) is 1. The molecule has 6 nitrogen and oxygen atoms in total. The quantitative estimate of drug-likeness (QED) is 0.674. The van der Waals surface area contributed by atoms with Crippen LogP contribution in [0.15, 0.2) is 53.4 Å². The number of amides is 1. The van der Waals surface area contributed by atoms with Crippen molar-refractivity contribution in [1.82, 2.24) is 4.90 Å². The predicted molar refractivity (Wildman–Crippen MR) is 117 cm³/mol. The summed E-state index contributed by atoms with van der Waals surface area (Å²) in [6.45, 7) is 4.24. The third-order valence-electron chi connectivity index (χ3n) is 4.65. The van der Waals surface area contributed by atoms with Crippen LogP contribution < -0.4 is 10.2 Å². The highest BCUT2D eigenvalue weighted by Crippen LogP contribution is 2.27. The molecule has 0 spiro atoms. The number of nitriles is 1. The van der Waals surface area contributed by atoms with Gasteiger partial charge in [0.05, 0.1) is 37.3 Å². The molecule has 2 aromatic rings. The van der Waals surface area contributed by atoms with Gasteiger partial charge in [0.25, 0.3) is 0 Å². The highest BCUT2D eigenvalue weighted by Gasteiger charge is 2.16. The van der Waals surface area contributed by atoms with Crippen LogP contribution in [0.1, 0.15) is 5.56 Å². The normalized spacial score (nSPS) is 13.9. The average Bonchev–Trinajstić information content (AvgIpc) is 2.74. The SMILES string of the molecule is CN(CC(=O)Nc1ccccc1SCC#N)Cc1ccccc1N1CCOCC1. The van der Waals surface area contributed by atoms with Crippen molar-refractivity contribution in [3.63, 3.8) is 0 Å². The van der Waals surface area contributed by atoms with Crippen molar-refractivity contribution in [3.8, 4) is 6.07 Å². The first-order chi connectivity index (χ1) is 14.2. The molecule has 1 heterocycles. The molecule has 0 atom stereocenters. The summed E-state index contributed by atoms with van der Waals surface area (Å²) >= 11 is 1.42. The van der Waals surface area contributed by atoms with E-state index in [0.29, 0.717) is 12.3 Å². The van der Waals surface area contributed by atoms with E-state index in [2.05, 4.69) is 34.5 Å². The molecule has 0 saturated carbocycles. The van der Waals surface area contributed by atoms with E-state index in [1.165, 1.54) is 23.0 Å². The number of nitrogens with one attached hydrogen (secondary N) is 1. The zero-order valence-electron chi connectivity index (χ0n) is 16.6. The molecule has 1 amide bonds. The minimum Gasteiger partial charge on any atom is -0.378 e. The fourth-order valence-electron chi connectivity index (χ4n) is 3.34. The molecule has 0 aliphatic carbocycles. The summed E-state index contributed by atoms with van der Waals surface area (Å²) in [6.07, 6.45) is 0. The van der Waals surface area contributed by atoms with Gasteiger partial charge in [0.1, 0.15) is 0 Å². The molecular weight excluding hydrogens is 384 g/mol. The molecule has 0 bridgehead atoms. The summed E-state index contributed by atoms with van der Waals surface area (Å²) in [6, 6.07) is 18.0. The second-order valence-corrected chi connectivity index (χ2v) is 7.91. The lowest BCUT2D eigenvalue weighted by atomic mass is 10.1. The second kappa shape index (κ2) is 10.9. The Hall–Kier alpha value is -2.53. The van der Waals surface area contributed by atoms with Gasteiger partial charge in [-0.25, -0.2) is 0 Å². The maximum absolute atomic E-state index is 12.6. The van der Waals surface area contributed by atoms with Crippen molar-refractivity contribution in [2.24, 2.45) is 0 Å². The van der Waals surface area contributed by atoms with E-state index in [4.69, 9.17) is 10.00 Å². The van der Waals surface area contributed by atoms with Crippen molar-refractivity contribution in [2.45, 2.75) is 11.4 Å². The third-order valence-corrected chi connectivity index (χ3v) is 5.59. The van der Waals surface area contributed by atoms with Crippen molar-refractivity contribution in [3.05, 3.63) is 54.1 Å². The maximum atomic E-state index is 12.6. The van der Waals surface area contributed by atoms with Crippen LogP contribution in [0.2, 0.25) is 0 Å². The number of thioether (sulfide) groups is 1. The fraction of sp³-hybridized carbons (Fsp3) is 0.364. The summed E-state index contributed by atoms with van der Waals surface area (Å²) in [5, 5.41) is 11.8. The molecule has 1 N–H and O–H groups in total. The Kier molecular flexibility index (Phi) is 7.94. The van der Waals surface area contributed by atoms with Crippen molar-refractivity contribution in [2.75, 3.05) is 55.9 Å². The Morgan fingerprint density at radius 3 is 2.72 bits per heavy atom. The van der Waals surface area contributed by atoms with Crippen molar-refractivity contribution < 1.29 is 9.53 Å². The first-order valence-electron chi connectivity index (χ1n) is 9.65. The van der Waals surface area contributed by atoms with Crippen LogP contribution in [0.3, 0.4) is 0 Å². The molecule has 0 aromatic heterocycles. The van der Waals surface area contributed by atoms with Gasteiger partial charge in [-0.2, -0.15) is 5.26 Å². The molecule has 1 fully saturated rings. The van der Waals surface area contributed by atoms with Gasteiger partial charge in [-0.05, 0) is 30.8 Å². The number of hydrogen-bond donors (Lipinski definition) is 1. The lowest BCUT2D eigenvalue weighted by Gasteiger charge is -2.31. The Bertz CT molecular complexity index is 862. The molecule has 2 aromatic carbocycles. The summed E-state index contributed by atoms with van der Waals surface area (Å²) in [5.41, 5.74) is 3.16. The van der Waals surface area contributed by atoms with Crippen LogP contribution in [0.25, 0.3) is 0 Å². The minimum atomic E-state index is -0.0682. The Labute approximate surface area is 176 Å². The van der Waals surface area contributed by atoms with E-state index < -0.39 is 0 Å². The van der Waals surface area contributed by atoms with Gasteiger partial charge in [0.15, 0.2) is 0 Å². The largest absolute Gasteiger partial charge is 0.378 e. The van der Waals surface area contributed by atoms with E-state index in [1.807, 2.05) is 42.3 Å². The van der Waals surface area contributed by atoms with Gasteiger partial charge in [-0.3, -0.25) is 9.69 Å². The van der Waals surface area contributed by atoms with Crippen molar-refractivity contribution in [1.29, 1.82) is 5.26 Å². The number of hydrogen-bond acceptors (Lipinski definition) is 6. The van der Waals surface area contributed by atoms with Crippen LogP contribution in [0.4, 0.5) is 11.4 Å². The lowest BCUT2D eigenvalue weighted by Crippen LogP contribution is -2.37. The van der Waals surface area contributed by atoms with Gasteiger partial charge < -0.3 is 15.0 Å². The van der Waals surface area contributed by atoms with Crippen LogP contribution in [0.5, 0.6) is 0 Å². The van der Waals surface area contributed by atoms with Gasteiger partial charge in [-0.15, -0.1) is 11.8 Å². The van der Waals surface area contributed by atoms with Crippen LogP contribution >= 0.6 is 11.8 Å². The summed E-state index contributed by atoms with van der Waals surface area (Å²) in [5.74, 6) is 0.284. The zero-order valence-corrected chi connectivity index (χ0v) is 17.5. The average molecular weight is 411 g/mol. The second-order valence-electron chi connectivity index (χ2n) is 6.89. The number of anilines is 2. The minimum absolute atomic E-state index is 0.0682. The highest BCUT2D eigenvalue weighted by molar-refractivity contribution is 7.99. The standard InChI is InChI=1S/C22H26N4O2S/c1-25(16-18-6-2-4-8-20(18)26-11-13-28-14-12-26)17-22(27)24-19-7-3-5-9-21(19)29-15-10-23/h2-9H,11-17H2,1H3,(H,24,27). The number of rotatable bonds is 8. The number of benzene rings is 2. The van der Waals surface area contributed by atoms with E-state index in [0.717, 1.165) is 36.9 Å². The molecule has 29 heavy (non-hydrogen) atoms. The maximum Gasteiger partial charge on any atom is 0.238 e. The number of carbonyl (C=O) groups excluding carboxylic acids is 1. The zero-order chi connectivity index (χ0) is 20.5. The van der Waals surface area contributed by atoms with Crippen molar-refractivity contribution >= 4 is 29.0 Å². The Morgan fingerprint density at radius 1 is 1.21 bits per heavy atom. The molecule has 152 valence electrons. The van der Waals surface area contributed by atoms with Crippen LogP contribution in [-0.4, -0.2) is 56.5 Å². The molecule has 1 aliphatic heterocycles. The van der Waals surface area contributed by atoms with E-state index in [-0.39, 0.29) is 12.5 Å². The number of ether oxygens (including phenoxy) is 1. The topological polar surface area (TPSA) is 68.6 Å². The van der Waals surface area contributed by atoms with E-state index in [1.54, 1.807) is 0 Å². The van der Waals surface area contributed by atoms with Crippen LogP contribution in [-0.2, 0) is 16.1 Å². The summed E-state index contributed by atoms with van der Waals surface area (Å²) < 4.78 is 5.46. The molecule has 0 unspecified atom stereocenters. The van der Waals surface area contributed by atoms with Gasteiger partial charge in [0, 0.05) is 30.2 Å². The molecule has 1 aliphatic rings. The monoisotopic (exact) mass is 410 g/mol. The molecule has 7 heteroatoms. The molecular formula is C22H26N4O2S. The van der Waals surface area contributed by atoms with Gasteiger partial charge in [-0.1, -0.05) is 30.3 Å². The molecule has 3 rings (SSSR count). The lowest BCUT2D eigenvalue weighted by molar-refractivity contribution is -0.117. The van der Waals surface area contributed by atoms with Gasteiger partial charge in [0.2, 0.25) is 5.91 Å².